The van der Waals surface area contributed by atoms with E-state index in [2.05, 4.69) is 10.4 Å². The van der Waals surface area contributed by atoms with Gasteiger partial charge in [-0.15, -0.1) is 0 Å². The first-order valence-electron chi connectivity index (χ1n) is 10.5. The second kappa shape index (κ2) is 8.96. The van der Waals surface area contributed by atoms with Crippen molar-refractivity contribution in [3.05, 3.63) is 120 Å². The lowest BCUT2D eigenvalue weighted by Gasteiger charge is -2.09. The number of fused-ring (bicyclic) bond motifs is 1. The Balaban J connectivity index is 1.48. The van der Waals surface area contributed by atoms with Gasteiger partial charge in [-0.05, 0) is 41.3 Å². The fraction of sp³-hybridized carbons (Fsp3) is 0.0370. The van der Waals surface area contributed by atoms with E-state index in [0.29, 0.717) is 17.1 Å². The number of nitrogens with one attached hydrogen (secondary N) is 1. The second-order valence-corrected chi connectivity index (χ2v) is 7.52. The minimum Gasteiger partial charge on any atom is -0.485 e. The van der Waals surface area contributed by atoms with E-state index in [1.54, 1.807) is 18.3 Å². The average Bonchev–Trinajstić information content (AvgIpc) is 3.28. The molecule has 5 nitrogen and oxygen atoms in total. The van der Waals surface area contributed by atoms with Crippen LogP contribution in [0.1, 0.15) is 16.1 Å². The van der Waals surface area contributed by atoms with Crippen LogP contribution in [0.2, 0.25) is 0 Å². The van der Waals surface area contributed by atoms with Crippen molar-refractivity contribution < 1.29 is 13.9 Å². The molecule has 0 aliphatic rings. The lowest BCUT2D eigenvalue weighted by molar-refractivity contribution is 0.101. The number of halogens is 1. The molecule has 0 aliphatic carbocycles. The van der Waals surface area contributed by atoms with E-state index in [9.17, 15) is 9.18 Å². The summed E-state index contributed by atoms with van der Waals surface area (Å²) < 4.78 is 20.9. The highest BCUT2D eigenvalue weighted by Crippen LogP contribution is 2.26. The van der Waals surface area contributed by atoms with Gasteiger partial charge in [0.2, 0.25) is 0 Å². The summed E-state index contributed by atoms with van der Waals surface area (Å²) in [7, 11) is 0. The van der Waals surface area contributed by atoms with Gasteiger partial charge < -0.3 is 10.1 Å². The maximum absolute atomic E-state index is 13.4. The van der Waals surface area contributed by atoms with Gasteiger partial charge in [0.1, 0.15) is 12.4 Å². The number of rotatable bonds is 6. The molecule has 0 unspecified atom stereocenters. The first kappa shape index (κ1) is 20.5. The molecule has 0 aliphatic heterocycles. The predicted octanol–water partition coefficient (Wildman–Crippen LogP) is 6.00. The van der Waals surface area contributed by atoms with Crippen LogP contribution in [-0.4, -0.2) is 15.7 Å². The van der Waals surface area contributed by atoms with E-state index in [4.69, 9.17) is 4.74 Å². The fourth-order valence-corrected chi connectivity index (χ4v) is 3.60. The van der Waals surface area contributed by atoms with E-state index in [-0.39, 0.29) is 18.1 Å². The molecule has 5 aromatic rings. The van der Waals surface area contributed by atoms with Gasteiger partial charge in [-0.3, -0.25) is 4.79 Å². The van der Waals surface area contributed by atoms with Crippen LogP contribution in [0, 0.1) is 5.82 Å². The Morgan fingerprint density at radius 1 is 0.879 bits per heavy atom. The minimum absolute atomic E-state index is 0.142. The maximum atomic E-state index is 13.4. The molecule has 5 rings (SSSR count). The molecular weight excluding hydrogens is 417 g/mol. The van der Waals surface area contributed by atoms with E-state index in [1.165, 1.54) is 16.8 Å². The Bertz CT molecular complexity index is 1410. The van der Waals surface area contributed by atoms with Crippen LogP contribution < -0.4 is 10.1 Å². The molecule has 1 aromatic heterocycles. The summed E-state index contributed by atoms with van der Waals surface area (Å²) in [5.74, 6) is -0.406. The highest BCUT2D eigenvalue weighted by atomic mass is 19.1. The zero-order valence-corrected chi connectivity index (χ0v) is 17.6. The van der Waals surface area contributed by atoms with Crippen LogP contribution in [-0.2, 0) is 6.61 Å². The quantitative estimate of drug-likeness (QED) is 0.355. The molecule has 0 atom stereocenters. The van der Waals surface area contributed by atoms with Crippen molar-refractivity contribution in [2.75, 3.05) is 5.32 Å². The second-order valence-electron chi connectivity index (χ2n) is 7.52. The zero-order chi connectivity index (χ0) is 22.6. The summed E-state index contributed by atoms with van der Waals surface area (Å²) in [4.78, 5) is 13.3. The van der Waals surface area contributed by atoms with Crippen LogP contribution in [0.4, 0.5) is 10.1 Å². The number of ether oxygens (including phenoxy) is 1. The smallest absolute Gasteiger partial charge is 0.280 e. The molecule has 0 bridgehead atoms. The Kier molecular flexibility index (Phi) is 5.55. The molecule has 1 amide bonds. The van der Waals surface area contributed by atoms with Crippen molar-refractivity contribution in [1.29, 1.82) is 0 Å². The van der Waals surface area contributed by atoms with Crippen molar-refractivity contribution in [1.82, 2.24) is 9.78 Å². The number of hydrogen-bond acceptors (Lipinski definition) is 3. The van der Waals surface area contributed by atoms with Gasteiger partial charge in [0, 0.05) is 11.1 Å². The van der Waals surface area contributed by atoms with E-state index >= 15 is 0 Å². The molecule has 6 heteroatoms. The lowest BCUT2D eigenvalue weighted by Crippen LogP contribution is -2.14. The van der Waals surface area contributed by atoms with Crippen LogP contribution in [0.3, 0.4) is 0 Å². The number of carbonyl (C=O) groups is 1. The number of amides is 1. The van der Waals surface area contributed by atoms with Gasteiger partial charge in [0.15, 0.2) is 11.4 Å². The van der Waals surface area contributed by atoms with E-state index < -0.39 is 5.91 Å². The van der Waals surface area contributed by atoms with Gasteiger partial charge in [-0.25, -0.2) is 9.07 Å². The van der Waals surface area contributed by atoms with Crippen molar-refractivity contribution >= 4 is 22.4 Å². The van der Waals surface area contributed by atoms with Gasteiger partial charge in [-0.2, -0.15) is 5.10 Å². The van der Waals surface area contributed by atoms with E-state index in [0.717, 1.165) is 16.3 Å². The molecule has 33 heavy (non-hydrogen) atoms. The van der Waals surface area contributed by atoms with Gasteiger partial charge in [-0.1, -0.05) is 66.7 Å². The van der Waals surface area contributed by atoms with Crippen LogP contribution >= 0.6 is 0 Å². The standard InChI is InChI=1S/C27H20FN3O2/c28-21-13-15-22(16-14-21)31-17-25(33-18-19-7-2-1-3-8-19)26(30-31)27(32)29-24-12-6-10-20-9-4-5-11-23(20)24/h1-17H,18H2,(H,29,32). The molecule has 1 heterocycles. The van der Waals surface area contributed by atoms with E-state index in [1.807, 2.05) is 72.8 Å². The summed E-state index contributed by atoms with van der Waals surface area (Å²) in [6, 6.07) is 29.1. The number of carbonyl (C=O) groups excluding carboxylic acids is 1. The Hall–Kier alpha value is -4.45. The molecule has 0 saturated carbocycles. The SMILES string of the molecule is O=C(Nc1cccc2ccccc12)c1nn(-c2ccc(F)cc2)cc1OCc1ccccc1. The first-order chi connectivity index (χ1) is 16.2. The van der Waals surface area contributed by atoms with Crippen LogP contribution in [0.5, 0.6) is 5.75 Å². The first-order valence-corrected chi connectivity index (χ1v) is 10.5. The average molecular weight is 437 g/mol. The predicted molar refractivity (Wildman–Crippen MR) is 126 cm³/mol. The van der Waals surface area contributed by atoms with Gasteiger partial charge in [0.05, 0.1) is 11.9 Å². The van der Waals surface area contributed by atoms with Gasteiger partial charge >= 0.3 is 0 Å². The third-order valence-electron chi connectivity index (χ3n) is 5.26. The normalized spacial score (nSPS) is 10.8. The Morgan fingerprint density at radius 3 is 2.42 bits per heavy atom. The molecular formula is C27H20FN3O2. The Morgan fingerprint density at radius 2 is 1.61 bits per heavy atom. The number of hydrogen-bond donors (Lipinski definition) is 1. The highest BCUT2D eigenvalue weighted by Gasteiger charge is 2.20. The number of nitrogens with zero attached hydrogens (tertiary/aromatic N) is 2. The van der Waals surface area contributed by atoms with Gasteiger partial charge in [0.25, 0.3) is 5.91 Å². The molecule has 0 fully saturated rings. The third-order valence-corrected chi connectivity index (χ3v) is 5.26. The lowest BCUT2D eigenvalue weighted by atomic mass is 10.1. The zero-order valence-electron chi connectivity index (χ0n) is 17.6. The number of anilines is 1. The maximum Gasteiger partial charge on any atom is 0.280 e. The van der Waals surface area contributed by atoms with Crippen LogP contribution in [0.15, 0.2) is 103 Å². The Labute approximate surface area is 190 Å². The monoisotopic (exact) mass is 437 g/mol. The van der Waals surface area contributed by atoms with Crippen molar-refractivity contribution in [3.8, 4) is 11.4 Å². The molecule has 0 radical (unpaired) electrons. The molecule has 4 aromatic carbocycles. The van der Waals surface area contributed by atoms with Crippen molar-refractivity contribution in [2.24, 2.45) is 0 Å². The largest absolute Gasteiger partial charge is 0.485 e. The molecule has 1 N–H and O–H groups in total. The summed E-state index contributed by atoms with van der Waals surface area (Å²) in [6.07, 6.45) is 1.63. The van der Waals surface area contributed by atoms with Crippen molar-refractivity contribution in [3.63, 3.8) is 0 Å². The fourth-order valence-electron chi connectivity index (χ4n) is 3.60. The number of aromatic nitrogens is 2. The van der Waals surface area contributed by atoms with Crippen LogP contribution in [0.25, 0.3) is 16.5 Å². The third kappa shape index (κ3) is 4.45. The topological polar surface area (TPSA) is 56.2 Å². The minimum atomic E-state index is -0.393. The molecule has 0 saturated heterocycles. The summed E-state index contributed by atoms with van der Waals surface area (Å²) in [5.41, 5.74) is 2.41. The molecule has 0 spiro atoms. The summed E-state index contributed by atoms with van der Waals surface area (Å²) >= 11 is 0. The summed E-state index contributed by atoms with van der Waals surface area (Å²) in [6.45, 7) is 0.282. The summed E-state index contributed by atoms with van der Waals surface area (Å²) in [5, 5.41) is 9.36. The number of benzene rings is 4. The van der Waals surface area contributed by atoms with Crippen molar-refractivity contribution in [2.45, 2.75) is 6.61 Å². The molecule has 162 valence electrons. The highest BCUT2D eigenvalue weighted by molar-refractivity contribution is 6.09.